The Morgan fingerprint density at radius 3 is 2.37 bits per heavy atom. The molecule has 0 heterocycles. The quantitative estimate of drug-likeness (QED) is 0.560. The van der Waals surface area contributed by atoms with Gasteiger partial charge in [-0.15, -0.1) is 11.6 Å². The van der Waals surface area contributed by atoms with Gasteiger partial charge in [-0.05, 0) is 47.8 Å². The van der Waals surface area contributed by atoms with Gasteiger partial charge in [-0.3, -0.25) is 0 Å². The van der Waals surface area contributed by atoms with Crippen LogP contribution in [0.3, 0.4) is 0 Å². The number of rotatable bonds is 2. The van der Waals surface area contributed by atoms with Gasteiger partial charge in [0.1, 0.15) is 0 Å². The molecule has 3 atom stereocenters. The van der Waals surface area contributed by atoms with Gasteiger partial charge in [0.15, 0.2) is 0 Å². The van der Waals surface area contributed by atoms with Gasteiger partial charge in [0.05, 0.1) is 10.0 Å². The van der Waals surface area contributed by atoms with E-state index in [0.717, 1.165) is 12.3 Å². The molecule has 0 saturated heterocycles. The Balaban J connectivity index is 2.28. The largest absolute Gasteiger partial charge is 0.123 e. The monoisotopic (exact) mass is 318 g/mol. The SMILES string of the molecule is CC1CCC(C(C)(C)c2ccc(Cl)c(Cl)c2)C(Cl)C1. The Labute approximate surface area is 131 Å². The standard InChI is InChI=1S/C16H21Cl3/c1-10-4-6-12(14(18)8-10)16(2,3)11-5-7-13(17)15(19)9-11/h5,7,9-10,12,14H,4,6,8H2,1-3H3. The topological polar surface area (TPSA) is 0 Å². The lowest BCUT2D eigenvalue weighted by Gasteiger charge is -2.42. The molecule has 1 aliphatic rings. The Morgan fingerprint density at radius 2 is 1.79 bits per heavy atom. The van der Waals surface area contributed by atoms with E-state index in [1.165, 1.54) is 18.4 Å². The van der Waals surface area contributed by atoms with Crippen LogP contribution in [0.4, 0.5) is 0 Å². The number of hydrogen-bond acceptors (Lipinski definition) is 0. The van der Waals surface area contributed by atoms with Crippen LogP contribution in [-0.2, 0) is 5.41 Å². The van der Waals surface area contributed by atoms with E-state index in [1.807, 2.05) is 12.1 Å². The zero-order chi connectivity index (χ0) is 14.2. The highest BCUT2D eigenvalue weighted by atomic mass is 35.5. The van der Waals surface area contributed by atoms with Crippen molar-refractivity contribution in [3.63, 3.8) is 0 Å². The van der Waals surface area contributed by atoms with E-state index in [1.54, 1.807) is 0 Å². The summed E-state index contributed by atoms with van der Waals surface area (Å²) >= 11 is 18.8. The van der Waals surface area contributed by atoms with Crippen molar-refractivity contribution < 1.29 is 0 Å². The number of alkyl halides is 1. The highest BCUT2D eigenvalue weighted by Crippen LogP contribution is 2.45. The summed E-state index contributed by atoms with van der Waals surface area (Å²) in [6.45, 7) is 6.82. The van der Waals surface area contributed by atoms with E-state index in [9.17, 15) is 0 Å². The van der Waals surface area contributed by atoms with Gasteiger partial charge in [-0.2, -0.15) is 0 Å². The third-order valence-electron chi connectivity index (χ3n) is 4.63. The average Bonchev–Trinajstić information content (AvgIpc) is 2.32. The first-order chi connectivity index (χ1) is 8.82. The molecule has 0 spiro atoms. The smallest absolute Gasteiger partial charge is 0.0595 e. The van der Waals surface area contributed by atoms with Crippen LogP contribution in [-0.4, -0.2) is 5.38 Å². The summed E-state index contributed by atoms with van der Waals surface area (Å²) in [5.41, 5.74) is 1.26. The van der Waals surface area contributed by atoms with E-state index in [-0.39, 0.29) is 10.8 Å². The molecule has 19 heavy (non-hydrogen) atoms. The molecule has 1 aliphatic carbocycles. The number of halogens is 3. The maximum absolute atomic E-state index is 6.62. The van der Waals surface area contributed by atoms with E-state index in [4.69, 9.17) is 34.8 Å². The second-order valence-corrected chi connectivity index (χ2v) is 7.77. The minimum atomic E-state index is 0.0286. The third kappa shape index (κ3) is 3.23. The van der Waals surface area contributed by atoms with Gasteiger partial charge in [0.25, 0.3) is 0 Å². The molecule has 1 aromatic rings. The van der Waals surface area contributed by atoms with Gasteiger partial charge in [-0.25, -0.2) is 0 Å². The number of benzene rings is 1. The molecule has 0 aliphatic heterocycles. The lowest BCUT2D eigenvalue weighted by Crippen LogP contribution is -2.38. The Kier molecular flexibility index (Phi) is 4.75. The summed E-state index contributed by atoms with van der Waals surface area (Å²) in [4.78, 5) is 0. The maximum atomic E-state index is 6.62. The molecule has 0 N–H and O–H groups in total. The molecule has 0 bridgehead atoms. The molecule has 106 valence electrons. The molecule has 1 fully saturated rings. The van der Waals surface area contributed by atoms with Gasteiger partial charge >= 0.3 is 0 Å². The van der Waals surface area contributed by atoms with Crippen molar-refractivity contribution >= 4 is 34.8 Å². The van der Waals surface area contributed by atoms with E-state index in [2.05, 4.69) is 26.8 Å². The molecule has 2 rings (SSSR count). The fourth-order valence-corrected chi connectivity index (χ4v) is 4.28. The summed E-state index contributed by atoms with van der Waals surface area (Å²) in [5.74, 6) is 1.23. The second kappa shape index (κ2) is 5.84. The van der Waals surface area contributed by atoms with Gasteiger partial charge in [-0.1, -0.05) is 56.5 Å². The predicted octanol–water partition coefficient (Wildman–Crippen LogP) is 6.31. The second-order valence-electron chi connectivity index (χ2n) is 6.39. The van der Waals surface area contributed by atoms with E-state index < -0.39 is 0 Å². The summed E-state index contributed by atoms with van der Waals surface area (Å²) in [7, 11) is 0. The van der Waals surface area contributed by atoms with Crippen LogP contribution in [0.25, 0.3) is 0 Å². The van der Waals surface area contributed by atoms with Crippen LogP contribution in [0.15, 0.2) is 18.2 Å². The number of hydrogen-bond donors (Lipinski definition) is 0. The van der Waals surface area contributed by atoms with Crippen molar-refractivity contribution in [3.05, 3.63) is 33.8 Å². The molecule has 3 heteroatoms. The van der Waals surface area contributed by atoms with Gasteiger partial charge < -0.3 is 0 Å². The highest BCUT2D eigenvalue weighted by molar-refractivity contribution is 6.42. The highest BCUT2D eigenvalue weighted by Gasteiger charge is 2.39. The lowest BCUT2D eigenvalue weighted by atomic mass is 9.66. The third-order valence-corrected chi connectivity index (χ3v) is 5.85. The minimum Gasteiger partial charge on any atom is -0.123 e. The first-order valence-corrected chi connectivity index (χ1v) is 8.11. The minimum absolute atomic E-state index is 0.0286. The summed E-state index contributed by atoms with van der Waals surface area (Å²) in [6, 6.07) is 5.96. The van der Waals surface area contributed by atoms with Crippen LogP contribution in [0.1, 0.15) is 45.6 Å². The van der Waals surface area contributed by atoms with Crippen LogP contribution in [0.5, 0.6) is 0 Å². The average molecular weight is 320 g/mol. The molecule has 3 unspecified atom stereocenters. The Hall–Kier alpha value is 0.0900. The lowest BCUT2D eigenvalue weighted by molar-refractivity contribution is 0.207. The molecule has 0 aromatic heterocycles. The fourth-order valence-electron chi connectivity index (χ4n) is 3.24. The molecular weight excluding hydrogens is 299 g/mol. The van der Waals surface area contributed by atoms with E-state index >= 15 is 0 Å². The van der Waals surface area contributed by atoms with Crippen molar-refractivity contribution in [1.29, 1.82) is 0 Å². The summed E-state index contributed by atoms with van der Waals surface area (Å²) in [6.07, 6.45) is 3.55. The first kappa shape index (κ1) is 15.5. The molecular formula is C16H21Cl3. The van der Waals surface area contributed by atoms with Crippen LogP contribution < -0.4 is 0 Å². The van der Waals surface area contributed by atoms with Gasteiger partial charge in [0, 0.05) is 5.38 Å². The van der Waals surface area contributed by atoms with Crippen LogP contribution in [0, 0.1) is 11.8 Å². The van der Waals surface area contributed by atoms with Crippen molar-refractivity contribution in [2.45, 2.75) is 50.8 Å². The fraction of sp³-hybridized carbons (Fsp3) is 0.625. The maximum Gasteiger partial charge on any atom is 0.0595 e. The van der Waals surface area contributed by atoms with Gasteiger partial charge in [0.2, 0.25) is 0 Å². The molecule has 1 saturated carbocycles. The van der Waals surface area contributed by atoms with Crippen molar-refractivity contribution in [3.8, 4) is 0 Å². The first-order valence-electron chi connectivity index (χ1n) is 6.92. The van der Waals surface area contributed by atoms with Crippen molar-refractivity contribution in [2.24, 2.45) is 11.8 Å². The predicted molar refractivity (Wildman–Crippen MR) is 85.6 cm³/mol. The Bertz CT molecular complexity index is 453. The molecule has 1 aromatic carbocycles. The van der Waals surface area contributed by atoms with E-state index in [0.29, 0.717) is 16.0 Å². The Morgan fingerprint density at radius 1 is 1.11 bits per heavy atom. The van der Waals surface area contributed by atoms with Crippen LogP contribution >= 0.6 is 34.8 Å². The normalized spacial score (nSPS) is 28.4. The summed E-state index contributed by atoms with van der Waals surface area (Å²) < 4.78 is 0. The zero-order valence-electron chi connectivity index (χ0n) is 11.7. The molecule has 0 nitrogen and oxygen atoms in total. The van der Waals surface area contributed by atoms with Crippen LogP contribution in [0.2, 0.25) is 10.0 Å². The summed E-state index contributed by atoms with van der Waals surface area (Å²) in [5, 5.41) is 1.48. The molecule has 0 radical (unpaired) electrons. The van der Waals surface area contributed by atoms with Crippen molar-refractivity contribution in [2.75, 3.05) is 0 Å². The zero-order valence-corrected chi connectivity index (χ0v) is 14.0. The van der Waals surface area contributed by atoms with Crippen molar-refractivity contribution in [1.82, 2.24) is 0 Å². The molecule has 0 amide bonds.